The molecule has 1 N–H and O–H groups in total. The molecule has 0 aliphatic carbocycles. The summed E-state index contributed by atoms with van der Waals surface area (Å²) in [6.07, 6.45) is 2.40. The number of nitrogens with zero attached hydrogens (tertiary/aromatic N) is 3. The van der Waals surface area contributed by atoms with Crippen LogP contribution in [0.15, 0.2) is 29.3 Å². The topological polar surface area (TPSA) is 40.1 Å². The molecular formula is C18H28N4O. The van der Waals surface area contributed by atoms with E-state index in [4.69, 9.17) is 4.74 Å². The molecule has 1 aromatic carbocycles. The minimum absolute atomic E-state index is 0.366. The molecule has 0 bridgehead atoms. The van der Waals surface area contributed by atoms with E-state index in [0.717, 1.165) is 38.8 Å². The fraction of sp³-hybridized carbons (Fsp3) is 0.611. The van der Waals surface area contributed by atoms with Gasteiger partial charge >= 0.3 is 0 Å². The quantitative estimate of drug-likeness (QED) is 0.683. The number of ether oxygens (including phenoxy) is 1. The Morgan fingerprint density at radius 2 is 2.09 bits per heavy atom. The van der Waals surface area contributed by atoms with Crippen molar-refractivity contribution in [3.63, 3.8) is 0 Å². The Labute approximate surface area is 139 Å². The van der Waals surface area contributed by atoms with E-state index in [0.29, 0.717) is 5.41 Å². The first-order chi connectivity index (χ1) is 11.1. The van der Waals surface area contributed by atoms with Crippen LogP contribution < -0.4 is 10.2 Å². The van der Waals surface area contributed by atoms with Gasteiger partial charge in [0.25, 0.3) is 0 Å². The lowest BCUT2D eigenvalue weighted by atomic mass is 9.87. The van der Waals surface area contributed by atoms with E-state index in [-0.39, 0.29) is 0 Å². The van der Waals surface area contributed by atoms with Crippen molar-refractivity contribution in [1.82, 2.24) is 10.2 Å². The van der Waals surface area contributed by atoms with Crippen molar-refractivity contribution in [3.8, 4) is 0 Å². The molecule has 0 amide bonds. The van der Waals surface area contributed by atoms with Crippen molar-refractivity contribution in [2.24, 2.45) is 10.4 Å². The number of likely N-dealkylation sites (tertiary alicyclic amines) is 1. The Morgan fingerprint density at radius 3 is 2.70 bits per heavy atom. The summed E-state index contributed by atoms with van der Waals surface area (Å²) in [4.78, 5) is 8.96. The minimum Gasteiger partial charge on any atom is -0.381 e. The van der Waals surface area contributed by atoms with Crippen molar-refractivity contribution in [1.29, 1.82) is 0 Å². The van der Waals surface area contributed by atoms with Crippen molar-refractivity contribution in [2.45, 2.75) is 19.4 Å². The van der Waals surface area contributed by atoms with Crippen LogP contribution in [0.5, 0.6) is 0 Å². The molecule has 23 heavy (non-hydrogen) atoms. The second-order valence-corrected chi connectivity index (χ2v) is 6.94. The summed E-state index contributed by atoms with van der Waals surface area (Å²) in [5.74, 6) is 1.01. The van der Waals surface area contributed by atoms with Crippen LogP contribution in [0.3, 0.4) is 0 Å². The molecule has 2 aliphatic heterocycles. The third-order valence-electron chi connectivity index (χ3n) is 5.04. The predicted molar refractivity (Wildman–Crippen MR) is 95.0 cm³/mol. The van der Waals surface area contributed by atoms with Gasteiger partial charge < -0.3 is 19.9 Å². The van der Waals surface area contributed by atoms with Gasteiger partial charge in [-0.05, 0) is 30.5 Å². The van der Waals surface area contributed by atoms with Gasteiger partial charge in [-0.15, -0.1) is 0 Å². The van der Waals surface area contributed by atoms with Gasteiger partial charge in [0.2, 0.25) is 0 Å². The molecule has 0 aromatic heterocycles. The van der Waals surface area contributed by atoms with Gasteiger partial charge in [0.1, 0.15) is 0 Å². The van der Waals surface area contributed by atoms with Gasteiger partial charge in [-0.3, -0.25) is 4.99 Å². The zero-order valence-corrected chi connectivity index (χ0v) is 14.5. The van der Waals surface area contributed by atoms with Crippen LogP contribution in [0.25, 0.3) is 0 Å². The fourth-order valence-electron chi connectivity index (χ4n) is 3.51. The Bertz CT molecular complexity index is 547. The number of rotatable bonds is 3. The van der Waals surface area contributed by atoms with Crippen LogP contribution >= 0.6 is 0 Å². The SMILES string of the molecule is CN=C(NCc1ccc(N(C)C)cc1)N1CCC2(CCOC2)C1. The third-order valence-corrected chi connectivity index (χ3v) is 5.04. The Morgan fingerprint density at radius 1 is 1.30 bits per heavy atom. The maximum absolute atomic E-state index is 5.61. The molecule has 0 radical (unpaired) electrons. The number of hydrogen-bond donors (Lipinski definition) is 1. The summed E-state index contributed by atoms with van der Waals surface area (Å²) in [5, 5.41) is 3.50. The third kappa shape index (κ3) is 3.61. The van der Waals surface area contributed by atoms with Gasteiger partial charge in [-0.1, -0.05) is 12.1 Å². The van der Waals surface area contributed by atoms with Gasteiger partial charge in [-0.25, -0.2) is 0 Å². The highest BCUT2D eigenvalue weighted by atomic mass is 16.5. The normalized spacial score (nSPS) is 24.5. The first kappa shape index (κ1) is 16.1. The smallest absolute Gasteiger partial charge is 0.193 e. The number of benzene rings is 1. The van der Waals surface area contributed by atoms with E-state index in [1.165, 1.54) is 24.1 Å². The molecule has 3 rings (SSSR count). The van der Waals surface area contributed by atoms with Crippen molar-refractivity contribution in [3.05, 3.63) is 29.8 Å². The molecule has 0 saturated carbocycles. The molecule has 2 fully saturated rings. The molecule has 2 aliphatic rings. The average molecular weight is 316 g/mol. The average Bonchev–Trinajstić information content (AvgIpc) is 3.19. The summed E-state index contributed by atoms with van der Waals surface area (Å²) >= 11 is 0. The van der Waals surface area contributed by atoms with Crippen molar-refractivity contribution >= 4 is 11.6 Å². The number of anilines is 1. The monoisotopic (exact) mass is 316 g/mol. The summed E-state index contributed by atoms with van der Waals surface area (Å²) < 4.78 is 5.61. The van der Waals surface area contributed by atoms with Gasteiger partial charge in [-0.2, -0.15) is 0 Å². The van der Waals surface area contributed by atoms with E-state index in [2.05, 4.69) is 58.5 Å². The van der Waals surface area contributed by atoms with Crippen LogP contribution in [0.4, 0.5) is 5.69 Å². The molecule has 2 saturated heterocycles. The Kier molecular flexibility index (Phi) is 4.76. The number of guanidine groups is 1. The molecule has 1 aromatic rings. The fourth-order valence-corrected chi connectivity index (χ4v) is 3.51. The lowest BCUT2D eigenvalue weighted by Crippen LogP contribution is -2.41. The standard InChI is InChI=1S/C18H28N4O/c1-19-17(22-10-8-18(13-22)9-11-23-14-18)20-12-15-4-6-16(7-5-15)21(2)3/h4-7H,8-14H2,1-3H3,(H,19,20). The highest BCUT2D eigenvalue weighted by Crippen LogP contribution is 2.38. The molecule has 5 heteroatoms. The number of hydrogen-bond acceptors (Lipinski definition) is 3. The first-order valence-corrected chi connectivity index (χ1v) is 8.41. The second kappa shape index (κ2) is 6.79. The molecule has 1 atom stereocenters. The second-order valence-electron chi connectivity index (χ2n) is 6.94. The summed E-state index contributed by atoms with van der Waals surface area (Å²) in [5.41, 5.74) is 2.86. The van der Waals surface area contributed by atoms with E-state index in [9.17, 15) is 0 Å². The van der Waals surface area contributed by atoms with Crippen LogP contribution in [-0.2, 0) is 11.3 Å². The number of aliphatic imine (C=N–C) groups is 1. The predicted octanol–water partition coefficient (Wildman–Crippen LogP) is 1.94. The van der Waals surface area contributed by atoms with E-state index in [1.807, 2.05) is 7.05 Å². The zero-order valence-electron chi connectivity index (χ0n) is 14.5. The molecular weight excluding hydrogens is 288 g/mol. The van der Waals surface area contributed by atoms with E-state index >= 15 is 0 Å². The highest BCUT2D eigenvalue weighted by Gasteiger charge is 2.42. The van der Waals surface area contributed by atoms with Crippen molar-refractivity contribution < 1.29 is 4.74 Å². The molecule has 2 heterocycles. The highest BCUT2D eigenvalue weighted by molar-refractivity contribution is 5.80. The van der Waals surface area contributed by atoms with Gasteiger partial charge in [0.15, 0.2) is 5.96 Å². The van der Waals surface area contributed by atoms with E-state index < -0.39 is 0 Å². The van der Waals surface area contributed by atoms with Crippen LogP contribution in [-0.4, -0.2) is 58.3 Å². The molecule has 5 nitrogen and oxygen atoms in total. The maximum atomic E-state index is 5.61. The van der Waals surface area contributed by atoms with Crippen LogP contribution in [0.2, 0.25) is 0 Å². The molecule has 126 valence electrons. The lowest BCUT2D eigenvalue weighted by Gasteiger charge is -2.25. The summed E-state index contributed by atoms with van der Waals surface area (Å²) in [6, 6.07) is 8.65. The Balaban J connectivity index is 1.56. The summed E-state index contributed by atoms with van der Waals surface area (Å²) in [6.45, 7) is 4.76. The minimum atomic E-state index is 0.366. The van der Waals surface area contributed by atoms with Crippen LogP contribution in [0.1, 0.15) is 18.4 Å². The van der Waals surface area contributed by atoms with Gasteiger partial charge in [0, 0.05) is 58.5 Å². The van der Waals surface area contributed by atoms with Crippen molar-refractivity contribution in [2.75, 3.05) is 52.3 Å². The lowest BCUT2D eigenvalue weighted by molar-refractivity contribution is 0.156. The molecule has 1 unspecified atom stereocenters. The van der Waals surface area contributed by atoms with Gasteiger partial charge in [0.05, 0.1) is 6.61 Å². The largest absolute Gasteiger partial charge is 0.381 e. The van der Waals surface area contributed by atoms with Crippen LogP contribution in [0, 0.1) is 5.41 Å². The summed E-state index contributed by atoms with van der Waals surface area (Å²) in [7, 11) is 5.99. The molecule has 1 spiro atoms. The first-order valence-electron chi connectivity index (χ1n) is 8.41. The number of nitrogens with one attached hydrogen (secondary N) is 1. The zero-order chi connectivity index (χ0) is 16.3. The maximum Gasteiger partial charge on any atom is 0.193 e. The Hall–Kier alpha value is -1.75. The van der Waals surface area contributed by atoms with E-state index in [1.54, 1.807) is 0 Å².